The molecule has 0 N–H and O–H groups in total. The van der Waals surface area contributed by atoms with Gasteiger partial charge in [0.1, 0.15) is 5.69 Å². The van der Waals surface area contributed by atoms with Gasteiger partial charge in [-0.3, -0.25) is 14.5 Å². The molecule has 2 aromatic heterocycles. The molecule has 4 nitrogen and oxygen atoms in total. The van der Waals surface area contributed by atoms with Crippen molar-refractivity contribution < 1.29 is 4.79 Å². The van der Waals surface area contributed by atoms with Crippen molar-refractivity contribution in [3.05, 3.63) is 24.2 Å². The molecular weight excluding hydrogens is 178 g/mol. The first-order chi connectivity index (χ1) is 6.85. The van der Waals surface area contributed by atoms with Crippen LogP contribution in [0.3, 0.4) is 0 Å². The van der Waals surface area contributed by atoms with Gasteiger partial charge in [0.2, 0.25) is 0 Å². The molecule has 2 aromatic rings. The van der Waals surface area contributed by atoms with Crippen LogP contribution in [0.4, 0.5) is 0 Å². The minimum absolute atomic E-state index is 0.452. The van der Waals surface area contributed by atoms with Crippen molar-refractivity contribution in [1.82, 2.24) is 14.8 Å². The number of carbonyl (C=O) groups is 1. The lowest BCUT2D eigenvalue weighted by Gasteiger charge is -1.99. The topological polar surface area (TPSA) is 47.8 Å². The van der Waals surface area contributed by atoms with E-state index in [0.29, 0.717) is 5.69 Å². The van der Waals surface area contributed by atoms with Crippen LogP contribution in [-0.2, 0) is 6.54 Å². The minimum atomic E-state index is 0.452. The van der Waals surface area contributed by atoms with E-state index in [-0.39, 0.29) is 0 Å². The van der Waals surface area contributed by atoms with Crippen LogP contribution in [-0.4, -0.2) is 21.1 Å². The van der Waals surface area contributed by atoms with Crippen LogP contribution in [0, 0.1) is 0 Å². The summed E-state index contributed by atoms with van der Waals surface area (Å²) in [5.41, 5.74) is 1.44. The van der Waals surface area contributed by atoms with Crippen molar-refractivity contribution >= 4 is 17.2 Å². The average Bonchev–Trinajstić information content (AvgIpc) is 2.61. The number of pyridine rings is 1. The summed E-state index contributed by atoms with van der Waals surface area (Å²) in [6.07, 6.45) is 5.24. The second kappa shape index (κ2) is 3.57. The molecule has 0 fully saturated rings. The third-order valence-electron chi connectivity index (χ3n) is 2.11. The first-order valence-electron chi connectivity index (χ1n) is 4.62. The third kappa shape index (κ3) is 1.39. The number of nitrogens with zero attached hydrogens (tertiary/aromatic N) is 3. The fourth-order valence-corrected chi connectivity index (χ4v) is 1.45. The number of aryl methyl sites for hydroxylation is 1. The summed E-state index contributed by atoms with van der Waals surface area (Å²) in [7, 11) is 0. The van der Waals surface area contributed by atoms with E-state index >= 15 is 0 Å². The molecule has 2 heterocycles. The Kier molecular flexibility index (Phi) is 2.26. The zero-order valence-corrected chi connectivity index (χ0v) is 7.97. The van der Waals surface area contributed by atoms with Crippen molar-refractivity contribution in [2.24, 2.45) is 0 Å². The van der Waals surface area contributed by atoms with Gasteiger partial charge in [0.15, 0.2) is 6.29 Å². The normalized spacial score (nSPS) is 10.6. The lowest BCUT2D eigenvalue weighted by Crippen LogP contribution is -1.98. The van der Waals surface area contributed by atoms with Gasteiger partial charge in [0, 0.05) is 11.9 Å². The molecular formula is C10H11N3O. The highest BCUT2D eigenvalue weighted by atomic mass is 16.1. The largest absolute Gasteiger partial charge is 0.296 e. The van der Waals surface area contributed by atoms with Gasteiger partial charge in [-0.05, 0) is 12.5 Å². The lowest BCUT2D eigenvalue weighted by molar-refractivity contribution is 0.111. The number of hydrogen-bond donors (Lipinski definition) is 0. The van der Waals surface area contributed by atoms with E-state index in [1.807, 2.05) is 4.68 Å². The molecule has 0 aromatic carbocycles. The molecule has 0 aliphatic carbocycles. The van der Waals surface area contributed by atoms with Crippen LogP contribution in [0.25, 0.3) is 10.9 Å². The smallest absolute Gasteiger partial charge is 0.168 e. The summed E-state index contributed by atoms with van der Waals surface area (Å²) >= 11 is 0. The summed E-state index contributed by atoms with van der Waals surface area (Å²) in [6.45, 7) is 2.98. The van der Waals surface area contributed by atoms with Crippen molar-refractivity contribution in [3.8, 4) is 0 Å². The van der Waals surface area contributed by atoms with Gasteiger partial charge in [-0.1, -0.05) is 6.92 Å². The molecule has 0 aliphatic rings. The van der Waals surface area contributed by atoms with Crippen molar-refractivity contribution in [1.29, 1.82) is 0 Å². The SMILES string of the molecule is CCCn1ncc2cc(C=O)ncc21. The van der Waals surface area contributed by atoms with E-state index < -0.39 is 0 Å². The fraction of sp³-hybridized carbons (Fsp3) is 0.300. The van der Waals surface area contributed by atoms with E-state index in [1.54, 1.807) is 18.5 Å². The second-order valence-electron chi connectivity index (χ2n) is 3.15. The number of aldehydes is 1. The minimum Gasteiger partial charge on any atom is -0.296 e. The molecule has 0 bridgehead atoms. The molecule has 0 unspecified atom stereocenters. The van der Waals surface area contributed by atoms with Gasteiger partial charge in [-0.15, -0.1) is 0 Å². The number of fused-ring (bicyclic) bond motifs is 1. The van der Waals surface area contributed by atoms with E-state index in [9.17, 15) is 4.79 Å². The molecule has 0 saturated carbocycles. The molecule has 0 saturated heterocycles. The summed E-state index contributed by atoms with van der Waals surface area (Å²) in [6, 6.07) is 1.75. The van der Waals surface area contributed by atoms with Crippen LogP contribution in [0.2, 0.25) is 0 Å². The van der Waals surface area contributed by atoms with E-state index in [1.165, 1.54) is 0 Å². The zero-order valence-electron chi connectivity index (χ0n) is 7.97. The molecule has 14 heavy (non-hydrogen) atoms. The van der Waals surface area contributed by atoms with Gasteiger partial charge in [0.05, 0.1) is 17.9 Å². The maximum absolute atomic E-state index is 10.5. The maximum atomic E-state index is 10.5. The Hall–Kier alpha value is -1.71. The summed E-state index contributed by atoms with van der Waals surface area (Å²) in [5, 5.41) is 5.19. The monoisotopic (exact) mass is 189 g/mol. The number of hydrogen-bond acceptors (Lipinski definition) is 3. The van der Waals surface area contributed by atoms with Crippen LogP contribution in [0.1, 0.15) is 23.8 Å². The van der Waals surface area contributed by atoms with E-state index in [0.717, 1.165) is 30.2 Å². The highest BCUT2D eigenvalue weighted by Crippen LogP contribution is 2.13. The Morgan fingerprint density at radius 3 is 3.07 bits per heavy atom. The molecule has 0 spiro atoms. The molecule has 0 aliphatic heterocycles. The maximum Gasteiger partial charge on any atom is 0.168 e. The van der Waals surface area contributed by atoms with Crippen molar-refractivity contribution in [2.45, 2.75) is 19.9 Å². The fourth-order valence-electron chi connectivity index (χ4n) is 1.45. The predicted molar refractivity (Wildman–Crippen MR) is 53.2 cm³/mol. The zero-order chi connectivity index (χ0) is 9.97. The Morgan fingerprint density at radius 2 is 2.36 bits per heavy atom. The molecule has 0 radical (unpaired) electrons. The highest BCUT2D eigenvalue weighted by Gasteiger charge is 2.02. The Morgan fingerprint density at radius 1 is 1.50 bits per heavy atom. The number of carbonyl (C=O) groups excluding carboxylic acids is 1. The second-order valence-corrected chi connectivity index (χ2v) is 3.15. The van der Waals surface area contributed by atoms with Crippen LogP contribution in [0.5, 0.6) is 0 Å². The Bertz CT molecular complexity index is 461. The van der Waals surface area contributed by atoms with Crippen LogP contribution >= 0.6 is 0 Å². The van der Waals surface area contributed by atoms with Gasteiger partial charge < -0.3 is 0 Å². The van der Waals surface area contributed by atoms with Gasteiger partial charge in [-0.25, -0.2) is 0 Å². The van der Waals surface area contributed by atoms with Gasteiger partial charge >= 0.3 is 0 Å². The third-order valence-corrected chi connectivity index (χ3v) is 2.11. The number of aromatic nitrogens is 3. The predicted octanol–water partition coefficient (Wildman–Crippen LogP) is 1.65. The van der Waals surface area contributed by atoms with E-state index in [4.69, 9.17) is 0 Å². The highest BCUT2D eigenvalue weighted by molar-refractivity contribution is 5.84. The summed E-state index contributed by atoms with van der Waals surface area (Å²) in [5.74, 6) is 0. The van der Waals surface area contributed by atoms with Gasteiger partial charge in [0.25, 0.3) is 0 Å². The molecule has 72 valence electrons. The molecule has 0 atom stereocenters. The Balaban J connectivity index is 2.53. The van der Waals surface area contributed by atoms with Crippen LogP contribution < -0.4 is 0 Å². The quantitative estimate of drug-likeness (QED) is 0.690. The lowest BCUT2D eigenvalue weighted by atomic mass is 10.3. The van der Waals surface area contributed by atoms with Crippen LogP contribution in [0.15, 0.2) is 18.5 Å². The van der Waals surface area contributed by atoms with Crippen molar-refractivity contribution in [2.75, 3.05) is 0 Å². The average molecular weight is 189 g/mol. The molecule has 2 rings (SSSR count). The van der Waals surface area contributed by atoms with Gasteiger partial charge in [-0.2, -0.15) is 5.10 Å². The van der Waals surface area contributed by atoms with Crippen molar-refractivity contribution in [3.63, 3.8) is 0 Å². The summed E-state index contributed by atoms with van der Waals surface area (Å²) < 4.78 is 1.90. The van der Waals surface area contributed by atoms with E-state index in [2.05, 4.69) is 17.0 Å². The Labute approximate surface area is 81.6 Å². The standard InChI is InChI=1S/C10H11N3O/c1-2-3-13-10-6-11-9(7-14)4-8(10)5-12-13/h4-7H,2-3H2,1H3. The first kappa shape index (κ1) is 8.87. The first-order valence-corrected chi connectivity index (χ1v) is 4.62. The summed E-state index contributed by atoms with van der Waals surface area (Å²) in [4.78, 5) is 14.5. The molecule has 4 heteroatoms. The molecule has 0 amide bonds. The number of rotatable bonds is 3.